The first kappa shape index (κ1) is 18.9. The van der Waals surface area contributed by atoms with Crippen LogP contribution in [-0.2, 0) is 12.6 Å². The van der Waals surface area contributed by atoms with Crippen LogP contribution < -0.4 is 44.5 Å². The maximum atomic E-state index is 5.43. The van der Waals surface area contributed by atoms with Gasteiger partial charge in [-0.2, -0.15) is 0 Å². The molecule has 0 radical (unpaired) electrons. The SMILES string of the molecule is COc1ccccc1N1CCN(CCNC(=S)[S-])CC1.[Na+]. The Kier molecular flexibility index (Phi) is 8.85. The standard InChI is InChI=1S/C14H21N3OS2.Na/c1-18-13-5-3-2-4-12(13)17-10-8-16(9-11-17)7-6-15-14(19)20;/h2-5H,6-11H2,1H3,(H2,15,19,20);/q;+1/p-1. The molecule has 0 amide bonds. The first-order valence-corrected chi connectivity index (χ1v) is 7.57. The summed E-state index contributed by atoms with van der Waals surface area (Å²) in [6.45, 7) is 5.93. The number of nitrogens with one attached hydrogen (secondary N) is 1. The Morgan fingerprint density at radius 2 is 1.95 bits per heavy atom. The summed E-state index contributed by atoms with van der Waals surface area (Å²) in [6, 6.07) is 8.18. The van der Waals surface area contributed by atoms with E-state index in [0.717, 1.165) is 45.0 Å². The van der Waals surface area contributed by atoms with Gasteiger partial charge in [0.1, 0.15) is 5.75 Å². The first-order valence-electron chi connectivity index (χ1n) is 6.76. The second kappa shape index (κ2) is 9.82. The van der Waals surface area contributed by atoms with Crippen molar-refractivity contribution >= 4 is 34.9 Å². The van der Waals surface area contributed by atoms with Crippen LogP contribution in [-0.4, -0.2) is 55.6 Å². The fourth-order valence-corrected chi connectivity index (χ4v) is 2.62. The Morgan fingerprint density at radius 3 is 2.57 bits per heavy atom. The summed E-state index contributed by atoms with van der Waals surface area (Å²) >= 11 is 9.67. The van der Waals surface area contributed by atoms with Crippen molar-refractivity contribution in [2.75, 3.05) is 51.3 Å². The van der Waals surface area contributed by atoms with Crippen LogP contribution in [0.4, 0.5) is 5.69 Å². The second-order valence-electron chi connectivity index (χ2n) is 4.71. The van der Waals surface area contributed by atoms with E-state index in [1.54, 1.807) is 7.11 Å². The summed E-state index contributed by atoms with van der Waals surface area (Å²) in [6.07, 6.45) is 0. The Bertz CT molecular complexity index is 454. The third-order valence-corrected chi connectivity index (χ3v) is 3.78. The molecular formula is C14H20N3NaOS2. The number of methoxy groups -OCH3 is 1. The van der Waals surface area contributed by atoms with Crippen molar-refractivity contribution < 1.29 is 34.3 Å². The molecule has 1 N–H and O–H groups in total. The monoisotopic (exact) mass is 333 g/mol. The van der Waals surface area contributed by atoms with Crippen LogP contribution >= 0.6 is 12.2 Å². The van der Waals surface area contributed by atoms with E-state index in [9.17, 15) is 0 Å². The minimum absolute atomic E-state index is 0. The summed E-state index contributed by atoms with van der Waals surface area (Å²) in [5.41, 5.74) is 1.18. The van der Waals surface area contributed by atoms with E-state index in [4.69, 9.17) is 29.6 Å². The number of piperazine rings is 1. The van der Waals surface area contributed by atoms with Gasteiger partial charge in [-0.25, -0.2) is 0 Å². The average molecular weight is 333 g/mol. The molecule has 4 nitrogen and oxygen atoms in total. The van der Waals surface area contributed by atoms with Gasteiger partial charge in [0.25, 0.3) is 0 Å². The summed E-state index contributed by atoms with van der Waals surface area (Å²) in [7, 11) is 1.72. The number of thiocarbonyl (C=S) groups is 1. The molecule has 0 atom stereocenters. The number of anilines is 1. The van der Waals surface area contributed by atoms with Gasteiger partial charge >= 0.3 is 29.6 Å². The van der Waals surface area contributed by atoms with Crippen molar-refractivity contribution in [3.8, 4) is 5.75 Å². The molecule has 21 heavy (non-hydrogen) atoms. The molecule has 1 fully saturated rings. The number of ether oxygens (including phenoxy) is 1. The molecule has 110 valence electrons. The Balaban J connectivity index is 0.00000220. The van der Waals surface area contributed by atoms with Crippen molar-refractivity contribution in [3.63, 3.8) is 0 Å². The number of benzene rings is 1. The van der Waals surface area contributed by atoms with Crippen LogP contribution in [0.3, 0.4) is 0 Å². The molecule has 0 bridgehead atoms. The fourth-order valence-electron chi connectivity index (χ4n) is 2.42. The van der Waals surface area contributed by atoms with Gasteiger partial charge in [0.15, 0.2) is 0 Å². The average Bonchev–Trinajstić information content (AvgIpc) is 2.47. The maximum Gasteiger partial charge on any atom is 1.00 e. The molecule has 1 saturated heterocycles. The molecule has 0 saturated carbocycles. The molecule has 0 aliphatic carbocycles. The fraction of sp³-hybridized carbons (Fsp3) is 0.500. The summed E-state index contributed by atoms with van der Waals surface area (Å²) in [5, 5.41) is 3.02. The third kappa shape index (κ3) is 5.88. The van der Waals surface area contributed by atoms with Gasteiger partial charge in [-0.05, 0) is 12.1 Å². The van der Waals surface area contributed by atoms with Crippen molar-refractivity contribution in [2.45, 2.75) is 0 Å². The predicted molar refractivity (Wildman–Crippen MR) is 89.6 cm³/mol. The first-order chi connectivity index (χ1) is 9.70. The third-order valence-electron chi connectivity index (χ3n) is 3.50. The van der Waals surface area contributed by atoms with Crippen LogP contribution in [0.25, 0.3) is 0 Å². The summed E-state index contributed by atoms with van der Waals surface area (Å²) in [4.78, 5) is 4.80. The zero-order valence-corrected chi connectivity index (χ0v) is 16.3. The zero-order chi connectivity index (χ0) is 14.4. The molecular weight excluding hydrogens is 313 g/mol. The molecule has 2 rings (SSSR count). The molecule has 1 heterocycles. The van der Waals surface area contributed by atoms with Crippen LogP contribution in [0.1, 0.15) is 0 Å². The van der Waals surface area contributed by atoms with E-state index >= 15 is 0 Å². The molecule has 0 spiro atoms. The van der Waals surface area contributed by atoms with Crippen LogP contribution in [0.5, 0.6) is 5.75 Å². The normalized spacial score (nSPS) is 15.2. The van der Waals surface area contributed by atoms with E-state index in [0.29, 0.717) is 4.32 Å². The molecule has 1 aliphatic rings. The van der Waals surface area contributed by atoms with E-state index in [1.165, 1.54) is 5.69 Å². The minimum atomic E-state index is 0. The van der Waals surface area contributed by atoms with Crippen LogP contribution in [0.15, 0.2) is 24.3 Å². The number of para-hydroxylation sites is 2. The van der Waals surface area contributed by atoms with Gasteiger partial charge in [-0.1, -0.05) is 16.5 Å². The predicted octanol–water partition coefficient (Wildman–Crippen LogP) is -1.76. The summed E-state index contributed by atoms with van der Waals surface area (Å²) < 4.78 is 5.88. The second-order valence-corrected chi connectivity index (χ2v) is 5.79. The van der Waals surface area contributed by atoms with E-state index < -0.39 is 0 Å². The van der Waals surface area contributed by atoms with E-state index in [-0.39, 0.29) is 29.6 Å². The number of rotatable bonds is 5. The largest absolute Gasteiger partial charge is 1.00 e. The molecule has 1 aromatic rings. The van der Waals surface area contributed by atoms with Crippen LogP contribution in [0, 0.1) is 0 Å². The molecule has 1 aliphatic heterocycles. The van der Waals surface area contributed by atoms with Gasteiger partial charge in [0.2, 0.25) is 0 Å². The zero-order valence-electron chi connectivity index (χ0n) is 12.7. The van der Waals surface area contributed by atoms with Gasteiger partial charge in [0.05, 0.1) is 12.8 Å². The van der Waals surface area contributed by atoms with E-state index in [2.05, 4.69) is 27.2 Å². The van der Waals surface area contributed by atoms with Crippen molar-refractivity contribution in [1.82, 2.24) is 10.2 Å². The minimum Gasteiger partial charge on any atom is -0.495 e. The topological polar surface area (TPSA) is 27.7 Å². The number of nitrogens with zero attached hydrogens (tertiary/aromatic N) is 2. The Hall–Kier alpha value is -0.110. The molecule has 0 aromatic heterocycles. The van der Waals surface area contributed by atoms with Crippen molar-refractivity contribution in [1.29, 1.82) is 0 Å². The van der Waals surface area contributed by atoms with Crippen molar-refractivity contribution in [2.24, 2.45) is 0 Å². The smallest absolute Gasteiger partial charge is 0.495 e. The number of hydrogen-bond donors (Lipinski definition) is 1. The Labute approximate surface area is 159 Å². The number of hydrogen-bond acceptors (Lipinski definition) is 5. The van der Waals surface area contributed by atoms with Crippen molar-refractivity contribution in [3.05, 3.63) is 24.3 Å². The van der Waals surface area contributed by atoms with Gasteiger partial charge in [0, 0.05) is 39.3 Å². The summed E-state index contributed by atoms with van der Waals surface area (Å²) in [5.74, 6) is 0.944. The maximum absolute atomic E-state index is 5.43. The quantitative estimate of drug-likeness (QED) is 0.390. The van der Waals surface area contributed by atoms with Gasteiger partial charge < -0.3 is 39.8 Å². The van der Waals surface area contributed by atoms with Crippen LogP contribution in [0.2, 0.25) is 0 Å². The van der Waals surface area contributed by atoms with Gasteiger partial charge in [-0.15, -0.1) is 0 Å². The molecule has 0 unspecified atom stereocenters. The van der Waals surface area contributed by atoms with E-state index in [1.807, 2.05) is 12.1 Å². The molecule has 7 heteroatoms. The Morgan fingerprint density at radius 1 is 1.29 bits per heavy atom. The molecule has 1 aromatic carbocycles. The van der Waals surface area contributed by atoms with Gasteiger partial charge in [-0.3, -0.25) is 4.90 Å².